The van der Waals surface area contributed by atoms with Crippen LogP contribution in [-0.4, -0.2) is 48.6 Å². The number of amides is 1. The molecule has 0 spiro atoms. The quantitative estimate of drug-likeness (QED) is 0.921. The highest BCUT2D eigenvalue weighted by atomic mass is 32.1. The number of nitrogens with zero attached hydrogens (tertiary/aromatic N) is 2. The Morgan fingerprint density at radius 3 is 2.91 bits per heavy atom. The van der Waals surface area contributed by atoms with Gasteiger partial charge in [-0.2, -0.15) is 0 Å². The molecule has 1 amide bonds. The normalized spacial score (nSPS) is 16.1. The maximum atomic E-state index is 12.0. The third-order valence-corrected chi connectivity index (χ3v) is 4.96. The summed E-state index contributed by atoms with van der Waals surface area (Å²) in [6.07, 6.45) is 2.41. The van der Waals surface area contributed by atoms with Crippen molar-refractivity contribution in [3.63, 3.8) is 0 Å². The fraction of sp³-hybridized carbons (Fsp3) is 0.500. The van der Waals surface area contributed by atoms with E-state index in [0.717, 1.165) is 36.6 Å². The Bertz CT molecular complexity index is 602. The van der Waals surface area contributed by atoms with Gasteiger partial charge in [-0.1, -0.05) is 23.5 Å². The van der Waals surface area contributed by atoms with Crippen molar-refractivity contribution in [1.82, 2.24) is 9.88 Å². The number of hydrogen-bond acceptors (Lipinski definition) is 5. The second-order valence-electron chi connectivity index (χ2n) is 5.53. The number of nitrogens with one attached hydrogen (secondary N) is 1. The van der Waals surface area contributed by atoms with Crippen LogP contribution in [0.4, 0.5) is 5.13 Å². The second kappa shape index (κ2) is 7.07. The Kier molecular flexibility index (Phi) is 4.90. The minimum atomic E-state index is 0.195. The summed E-state index contributed by atoms with van der Waals surface area (Å²) in [5.74, 6) is 0.195. The Labute approximate surface area is 134 Å². The van der Waals surface area contributed by atoms with Crippen LogP contribution in [0.2, 0.25) is 0 Å². The minimum Gasteiger partial charge on any atom is -0.384 e. The molecule has 1 aliphatic rings. The van der Waals surface area contributed by atoms with Gasteiger partial charge in [0.1, 0.15) is 0 Å². The molecule has 2 heterocycles. The smallest absolute Gasteiger partial charge is 0.224 e. The van der Waals surface area contributed by atoms with E-state index in [9.17, 15) is 4.79 Å². The SMILES string of the molecule is COCCC(=O)N1CCC(Nc2nc3ccccc3s2)CC1. The lowest BCUT2D eigenvalue weighted by molar-refractivity contribution is -0.133. The highest BCUT2D eigenvalue weighted by Crippen LogP contribution is 2.27. The average Bonchev–Trinajstić information content (AvgIpc) is 2.95. The first kappa shape index (κ1) is 15.2. The van der Waals surface area contributed by atoms with E-state index in [-0.39, 0.29) is 5.91 Å². The third-order valence-electron chi connectivity index (χ3n) is 3.99. The lowest BCUT2D eigenvalue weighted by Crippen LogP contribution is -2.42. The topological polar surface area (TPSA) is 54.5 Å². The monoisotopic (exact) mass is 319 g/mol. The molecule has 1 N–H and O–H groups in total. The summed E-state index contributed by atoms with van der Waals surface area (Å²) < 4.78 is 6.17. The van der Waals surface area contributed by atoms with Crippen molar-refractivity contribution in [2.24, 2.45) is 0 Å². The zero-order valence-corrected chi connectivity index (χ0v) is 13.6. The number of fused-ring (bicyclic) bond motifs is 1. The highest BCUT2D eigenvalue weighted by molar-refractivity contribution is 7.22. The molecule has 1 aromatic heterocycles. The molecular weight excluding hydrogens is 298 g/mol. The van der Waals surface area contributed by atoms with Crippen molar-refractivity contribution in [2.45, 2.75) is 25.3 Å². The molecule has 0 atom stereocenters. The zero-order valence-electron chi connectivity index (χ0n) is 12.7. The summed E-state index contributed by atoms with van der Waals surface area (Å²) in [5.41, 5.74) is 1.04. The number of piperidine rings is 1. The van der Waals surface area contributed by atoms with E-state index in [4.69, 9.17) is 4.74 Å². The number of benzene rings is 1. The van der Waals surface area contributed by atoms with Crippen molar-refractivity contribution in [3.8, 4) is 0 Å². The molecule has 0 radical (unpaired) electrons. The number of aromatic nitrogens is 1. The number of carbonyl (C=O) groups is 1. The number of likely N-dealkylation sites (tertiary alicyclic amines) is 1. The largest absolute Gasteiger partial charge is 0.384 e. The number of methoxy groups -OCH3 is 1. The number of ether oxygens (including phenoxy) is 1. The molecule has 6 heteroatoms. The molecular formula is C16H21N3O2S. The van der Waals surface area contributed by atoms with E-state index in [1.165, 1.54) is 4.70 Å². The summed E-state index contributed by atoms with van der Waals surface area (Å²) in [7, 11) is 1.63. The predicted molar refractivity (Wildman–Crippen MR) is 89.3 cm³/mol. The maximum Gasteiger partial charge on any atom is 0.224 e. The first-order valence-electron chi connectivity index (χ1n) is 7.65. The van der Waals surface area contributed by atoms with Gasteiger partial charge in [0.15, 0.2) is 5.13 Å². The molecule has 2 aromatic rings. The molecule has 118 valence electrons. The Balaban J connectivity index is 1.52. The van der Waals surface area contributed by atoms with Gasteiger partial charge >= 0.3 is 0 Å². The zero-order chi connectivity index (χ0) is 15.4. The Morgan fingerprint density at radius 2 is 2.18 bits per heavy atom. The highest BCUT2D eigenvalue weighted by Gasteiger charge is 2.23. The number of anilines is 1. The fourth-order valence-corrected chi connectivity index (χ4v) is 3.67. The van der Waals surface area contributed by atoms with E-state index in [1.54, 1.807) is 18.4 Å². The van der Waals surface area contributed by atoms with Crippen molar-refractivity contribution in [1.29, 1.82) is 0 Å². The van der Waals surface area contributed by atoms with E-state index in [1.807, 2.05) is 23.1 Å². The molecule has 0 saturated carbocycles. The molecule has 22 heavy (non-hydrogen) atoms. The van der Waals surface area contributed by atoms with Crippen LogP contribution in [0.25, 0.3) is 10.2 Å². The van der Waals surface area contributed by atoms with Crippen LogP contribution in [0.5, 0.6) is 0 Å². The summed E-state index contributed by atoms with van der Waals surface area (Å²) in [5, 5.41) is 4.49. The standard InChI is InChI=1S/C16H21N3O2S/c1-21-11-8-15(20)19-9-6-12(7-10-19)17-16-18-13-4-2-3-5-14(13)22-16/h2-5,12H,6-11H2,1H3,(H,17,18). The van der Waals surface area contributed by atoms with Crippen molar-refractivity contribution >= 4 is 32.6 Å². The molecule has 1 aliphatic heterocycles. The first-order valence-corrected chi connectivity index (χ1v) is 8.47. The summed E-state index contributed by atoms with van der Waals surface area (Å²) >= 11 is 1.69. The number of hydrogen-bond donors (Lipinski definition) is 1. The number of para-hydroxylation sites is 1. The van der Waals surface area contributed by atoms with Gasteiger partial charge in [-0.05, 0) is 25.0 Å². The van der Waals surface area contributed by atoms with Gasteiger partial charge in [0.2, 0.25) is 5.91 Å². The van der Waals surface area contributed by atoms with Gasteiger partial charge in [-0.25, -0.2) is 4.98 Å². The van der Waals surface area contributed by atoms with Gasteiger partial charge in [-0.15, -0.1) is 0 Å². The maximum absolute atomic E-state index is 12.0. The van der Waals surface area contributed by atoms with Gasteiger partial charge in [0.25, 0.3) is 0 Å². The van der Waals surface area contributed by atoms with Crippen LogP contribution in [0.15, 0.2) is 24.3 Å². The molecule has 0 aliphatic carbocycles. The second-order valence-corrected chi connectivity index (χ2v) is 6.56. The number of rotatable bonds is 5. The van der Waals surface area contributed by atoms with Crippen LogP contribution < -0.4 is 5.32 Å². The van der Waals surface area contributed by atoms with E-state index >= 15 is 0 Å². The van der Waals surface area contributed by atoms with Crippen LogP contribution in [0.1, 0.15) is 19.3 Å². The summed E-state index contributed by atoms with van der Waals surface area (Å²) in [6, 6.07) is 8.57. The van der Waals surface area contributed by atoms with Crippen molar-refractivity contribution in [2.75, 3.05) is 32.1 Å². The molecule has 1 fully saturated rings. The molecule has 5 nitrogen and oxygen atoms in total. The third kappa shape index (κ3) is 3.56. The van der Waals surface area contributed by atoms with Crippen LogP contribution in [-0.2, 0) is 9.53 Å². The van der Waals surface area contributed by atoms with E-state index in [0.29, 0.717) is 19.1 Å². The van der Waals surface area contributed by atoms with Gasteiger partial charge in [0.05, 0.1) is 23.2 Å². The average molecular weight is 319 g/mol. The predicted octanol–water partition coefficient (Wildman–Crippen LogP) is 2.74. The van der Waals surface area contributed by atoms with E-state index < -0.39 is 0 Å². The lowest BCUT2D eigenvalue weighted by atomic mass is 10.1. The number of carbonyl (C=O) groups excluding carboxylic acids is 1. The first-order chi connectivity index (χ1) is 10.8. The van der Waals surface area contributed by atoms with Gasteiger partial charge in [-0.3, -0.25) is 4.79 Å². The molecule has 0 unspecified atom stereocenters. The fourth-order valence-electron chi connectivity index (χ4n) is 2.73. The van der Waals surface area contributed by atoms with Gasteiger partial charge in [0, 0.05) is 26.2 Å². The minimum absolute atomic E-state index is 0.195. The van der Waals surface area contributed by atoms with Crippen LogP contribution in [0, 0.1) is 0 Å². The molecule has 0 bridgehead atoms. The molecule has 1 aromatic carbocycles. The molecule has 1 saturated heterocycles. The Morgan fingerprint density at radius 1 is 1.41 bits per heavy atom. The Hall–Kier alpha value is -1.66. The van der Waals surface area contributed by atoms with Crippen LogP contribution in [0.3, 0.4) is 0 Å². The van der Waals surface area contributed by atoms with Gasteiger partial charge < -0.3 is 15.0 Å². The van der Waals surface area contributed by atoms with Crippen molar-refractivity contribution in [3.05, 3.63) is 24.3 Å². The number of thiazole rings is 1. The van der Waals surface area contributed by atoms with Crippen LogP contribution >= 0.6 is 11.3 Å². The lowest BCUT2D eigenvalue weighted by Gasteiger charge is -2.32. The van der Waals surface area contributed by atoms with E-state index in [2.05, 4.69) is 16.4 Å². The van der Waals surface area contributed by atoms with Crippen molar-refractivity contribution < 1.29 is 9.53 Å². The molecule has 3 rings (SSSR count). The summed E-state index contributed by atoms with van der Waals surface area (Å²) in [6.45, 7) is 2.12. The summed E-state index contributed by atoms with van der Waals surface area (Å²) in [4.78, 5) is 18.5.